The Labute approximate surface area is 186 Å². The third-order valence-corrected chi connectivity index (χ3v) is 5.61. The quantitative estimate of drug-likeness (QED) is 0.297. The van der Waals surface area contributed by atoms with Crippen molar-refractivity contribution in [3.05, 3.63) is 83.2 Å². The molecule has 31 heavy (non-hydrogen) atoms. The second-order valence-corrected chi connectivity index (χ2v) is 8.09. The van der Waals surface area contributed by atoms with Crippen LogP contribution in [0, 0.1) is 0 Å². The van der Waals surface area contributed by atoms with Crippen LogP contribution in [0.2, 0.25) is 0 Å². The van der Waals surface area contributed by atoms with E-state index in [0.717, 1.165) is 16.8 Å². The Bertz CT molecular complexity index is 1130. The predicted molar refractivity (Wildman–Crippen MR) is 128 cm³/mol. The summed E-state index contributed by atoms with van der Waals surface area (Å²) >= 11 is 1.33. The van der Waals surface area contributed by atoms with Gasteiger partial charge in [-0.1, -0.05) is 85.9 Å². The molecule has 160 valence electrons. The van der Waals surface area contributed by atoms with Crippen molar-refractivity contribution in [1.82, 2.24) is 4.57 Å². The molecule has 7 heteroatoms. The molecule has 6 nitrogen and oxygen atoms in total. The van der Waals surface area contributed by atoms with E-state index in [1.807, 2.05) is 47.0 Å². The van der Waals surface area contributed by atoms with Crippen LogP contribution in [0.4, 0.5) is 9.80 Å². The van der Waals surface area contributed by atoms with Crippen LogP contribution in [0.1, 0.15) is 30.9 Å². The van der Waals surface area contributed by atoms with Crippen LogP contribution in [0.3, 0.4) is 0 Å². The van der Waals surface area contributed by atoms with Crippen LogP contribution in [-0.2, 0) is 11.3 Å². The average Bonchev–Trinajstić information content (AvgIpc) is 3.11. The van der Waals surface area contributed by atoms with Gasteiger partial charge in [-0.3, -0.25) is 5.32 Å². The first-order valence-electron chi connectivity index (χ1n) is 9.95. The summed E-state index contributed by atoms with van der Waals surface area (Å²) in [7, 11) is 1.34. The smallest absolute Gasteiger partial charge is 0.412 e. The van der Waals surface area contributed by atoms with Crippen molar-refractivity contribution < 1.29 is 9.53 Å². The molecule has 2 aromatic carbocycles. The van der Waals surface area contributed by atoms with E-state index in [1.165, 1.54) is 24.0 Å². The SMILES string of the molecule is C=CCn1c(-c2ccccc2)c(NC(=O)OC)s/c1=N\N=C\c1ccc(C(C)C)cc1. The maximum absolute atomic E-state index is 11.9. The fourth-order valence-electron chi connectivity index (χ4n) is 3.01. The number of rotatable bonds is 7. The summed E-state index contributed by atoms with van der Waals surface area (Å²) in [6, 6.07) is 18.1. The Morgan fingerprint density at radius 2 is 1.90 bits per heavy atom. The number of aromatic nitrogens is 1. The Hall–Kier alpha value is -3.45. The first kappa shape index (κ1) is 22.2. The molecule has 0 fully saturated rings. The number of benzene rings is 2. The summed E-state index contributed by atoms with van der Waals surface area (Å²) < 4.78 is 6.76. The third kappa shape index (κ3) is 5.58. The van der Waals surface area contributed by atoms with Gasteiger partial charge in [0.2, 0.25) is 4.80 Å². The van der Waals surface area contributed by atoms with Crippen LogP contribution in [0.15, 0.2) is 77.5 Å². The summed E-state index contributed by atoms with van der Waals surface area (Å²) in [5.41, 5.74) is 4.02. The van der Waals surface area contributed by atoms with E-state index in [9.17, 15) is 4.79 Å². The average molecular weight is 435 g/mol. The largest absolute Gasteiger partial charge is 0.453 e. The maximum atomic E-state index is 11.9. The summed E-state index contributed by atoms with van der Waals surface area (Å²) in [4.78, 5) is 12.5. The molecule has 3 rings (SSSR count). The van der Waals surface area contributed by atoms with Crippen molar-refractivity contribution in [1.29, 1.82) is 0 Å². The molecule has 3 aromatic rings. The highest BCUT2D eigenvalue weighted by Gasteiger charge is 2.17. The molecule has 0 spiro atoms. The van der Waals surface area contributed by atoms with Gasteiger partial charge in [-0.05, 0) is 17.0 Å². The van der Waals surface area contributed by atoms with Gasteiger partial charge < -0.3 is 9.30 Å². The molecule has 1 N–H and O–H groups in total. The Morgan fingerprint density at radius 3 is 2.52 bits per heavy atom. The van der Waals surface area contributed by atoms with Gasteiger partial charge in [-0.25, -0.2) is 4.79 Å². The van der Waals surface area contributed by atoms with E-state index < -0.39 is 6.09 Å². The number of allylic oxidation sites excluding steroid dienone is 1. The van der Waals surface area contributed by atoms with Crippen LogP contribution >= 0.6 is 11.3 Å². The predicted octanol–water partition coefficient (Wildman–Crippen LogP) is 5.64. The molecule has 0 bridgehead atoms. The zero-order chi connectivity index (χ0) is 22.2. The minimum atomic E-state index is -0.538. The molecule has 0 saturated carbocycles. The first-order valence-corrected chi connectivity index (χ1v) is 10.8. The number of methoxy groups -OCH3 is 1. The monoisotopic (exact) mass is 434 g/mol. The highest BCUT2D eigenvalue weighted by Crippen LogP contribution is 2.31. The second kappa shape index (κ2) is 10.5. The second-order valence-electron chi connectivity index (χ2n) is 7.11. The van der Waals surface area contributed by atoms with Crippen molar-refractivity contribution in [2.75, 3.05) is 12.4 Å². The number of hydrogen-bond donors (Lipinski definition) is 1. The van der Waals surface area contributed by atoms with Crippen molar-refractivity contribution in [2.24, 2.45) is 10.2 Å². The molecule has 0 aliphatic rings. The highest BCUT2D eigenvalue weighted by molar-refractivity contribution is 7.14. The van der Waals surface area contributed by atoms with Crippen LogP contribution < -0.4 is 10.1 Å². The molecule has 1 aromatic heterocycles. The van der Waals surface area contributed by atoms with Crippen molar-refractivity contribution in [3.8, 4) is 11.3 Å². The first-order chi connectivity index (χ1) is 15.0. The van der Waals surface area contributed by atoms with E-state index in [1.54, 1.807) is 12.3 Å². The van der Waals surface area contributed by atoms with Crippen molar-refractivity contribution in [2.45, 2.75) is 26.3 Å². The van der Waals surface area contributed by atoms with Gasteiger partial charge in [-0.2, -0.15) is 5.10 Å². The zero-order valence-corrected chi connectivity index (χ0v) is 18.7. The number of ether oxygens (including phenoxy) is 1. The van der Waals surface area contributed by atoms with Gasteiger partial charge in [0.05, 0.1) is 19.0 Å². The van der Waals surface area contributed by atoms with Crippen LogP contribution in [-0.4, -0.2) is 24.0 Å². The van der Waals surface area contributed by atoms with E-state index in [-0.39, 0.29) is 0 Å². The van der Waals surface area contributed by atoms with Gasteiger partial charge in [0.25, 0.3) is 0 Å². The number of hydrogen-bond acceptors (Lipinski definition) is 5. The number of anilines is 1. The summed E-state index contributed by atoms with van der Waals surface area (Å²) in [6.45, 7) is 8.70. The lowest BCUT2D eigenvalue weighted by Crippen LogP contribution is -2.15. The molecule has 0 unspecified atom stereocenters. The van der Waals surface area contributed by atoms with Gasteiger partial charge in [0, 0.05) is 12.1 Å². The third-order valence-electron chi connectivity index (χ3n) is 4.62. The van der Waals surface area contributed by atoms with Crippen LogP contribution in [0.5, 0.6) is 0 Å². The van der Waals surface area contributed by atoms with E-state index in [2.05, 4.69) is 48.1 Å². The minimum Gasteiger partial charge on any atom is -0.453 e. The van der Waals surface area contributed by atoms with Gasteiger partial charge in [0.15, 0.2) is 0 Å². The Kier molecular flexibility index (Phi) is 7.56. The highest BCUT2D eigenvalue weighted by atomic mass is 32.1. The lowest BCUT2D eigenvalue weighted by atomic mass is 10.0. The summed E-state index contributed by atoms with van der Waals surface area (Å²) in [5.74, 6) is 0.483. The van der Waals surface area contributed by atoms with Crippen LogP contribution in [0.25, 0.3) is 11.3 Å². The fraction of sp³-hybridized carbons (Fsp3) is 0.208. The Balaban J connectivity index is 2.04. The summed E-state index contributed by atoms with van der Waals surface area (Å²) in [5, 5.41) is 12.1. The van der Waals surface area contributed by atoms with E-state index in [0.29, 0.717) is 22.3 Å². The standard InChI is InChI=1S/C24H26N4O2S/c1-5-15-28-21(20-9-7-6-8-10-20)22(26-24(29)30-4)31-23(28)27-25-16-18-11-13-19(14-12-18)17(2)3/h5-14,16-17H,1,15H2,2-4H3,(H,26,29)/b25-16+,27-23-. The minimum absolute atomic E-state index is 0.483. The molecule has 0 aliphatic carbocycles. The number of carbonyl (C=O) groups is 1. The molecule has 0 saturated heterocycles. The number of amides is 1. The lowest BCUT2D eigenvalue weighted by Gasteiger charge is -2.09. The van der Waals surface area contributed by atoms with Gasteiger partial charge in [0.1, 0.15) is 5.00 Å². The fourth-order valence-corrected chi connectivity index (χ4v) is 4.01. The van der Waals surface area contributed by atoms with Crippen molar-refractivity contribution >= 4 is 28.6 Å². The topological polar surface area (TPSA) is 68.0 Å². The Morgan fingerprint density at radius 1 is 1.19 bits per heavy atom. The van der Waals surface area contributed by atoms with E-state index >= 15 is 0 Å². The molecular formula is C24H26N4O2S. The molecule has 1 amide bonds. The molecular weight excluding hydrogens is 408 g/mol. The van der Waals surface area contributed by atoms with Crippen molar-refractivity contribution in [3.63, 3.8) is 0 Å². The lowest BCUT2D eigenvalue weighted by molar-refractivity contribution is 0.187. The zero-order valence-electron chi connectivity index (χ0n) is 17.9. The maximum Gasteiger partial charge on any atom is 0.412 e. The van der Waals surface area contributed by atoms with Gasteiger partial charge >= 0.3 is 6.09 Å². The van der Waals surface area contributed by atoms with Gasteiger partial charge in [-0.15, -0.1) is 11.7 Å². The van der Waals surface area contributed by atoms with E-state index in [4.69, 9.17) is 4.74 Å². The number of thiazole rings is 1. The summed E-state index contributed by atoms with van der Waals surface area (Å²) in [6.07, 6.45) is 2.97. The number of carbonyl (C=O) groups excluding carboxylic acids is 1. The normalized spacial score (nSPS) is 11.8. The molecule has 1 heterocycles. The number of nitrogens with one attached hydrogen (secondary N) is 1. The molecule has 0 atom stereocenters. The number of nitrogens with zero attached hydrogens (tertiary/aromatic N) is 3. The molecule has 0 radical (unpaired) electrons. The molecule has 0 aliphatic heterocycles.